The Kier molecular flexibility index (Phi) is 4.35. The van der Waals surface area contributed by atoms with Gasteiger partial charge in [-0.25, -0.2) is 0 Å². The summed E-state index contributed by atoms with van der Waals surface area (Å²) >= 11 is 0. The number of nitrogens with two attached hydrogens (primary N) is 1. The second-order valence-electron chi connectivity index (χ2n) is 5.22. The van der Waals surface area contributed by atoms with Gasteiger partial charge < -0.3 is 10.5 Å². The predicted molar refractivity (Wildman–Crippen MR) is 65.6 cm³/mol. The van der Waals surface area contributed by atoms with E-state index in [2.05, 4.69) is 32.8 Å². The molecular weight excluding hydrogens is 202 g/mol. The van der Waals surface area contributed by atoms with E-state index in [0.29, 0.717) is 19.2 Å². The van der Waals surface area contributed by atoms with Crippen molar-refractivity contribution in [2.75, 3.05) is 13.2 Å². The highest BCUT2D eigenvalue weighted by molar-refractivity contribution is 5.11. The largest absolute Gasteiger partial charge is 0.490 e. The third kappa shape index (κ3) is 3.85. The fraction of sp³-hybridized carbons (Fsp3) is 0.750. The Bertz CT molecular complexity index is 318. The summed E-state index contributed by atoms with van der Waals surface area (Å²) in [7, 11) is 0. The van der Waals surface area contributed by atoms with Crippen LogP contribution in [0.25, 0.3) is 0 Å². The number of hydrogen-bond acceptors (Lipinski definition) is 3. The van der Waals surface area contributed by atoms with Crippen molar-refractivity contribution < 1.29 is 4.74 Å². The van der Waals surface area contributed by atoms with E-state index in [4.69, 9.17) is 10.5 Å². The number of aromatic nitrogens is 2. The van der Waals surface area contributed by atoms with Gasteiger partial charge in [0.25, 0.3) is 0 Å². The Hall–Kier alpha value is -1.03. The normalized spacial score (nSPS) is 12.1. The Morgan fingerprint density at radius 3 is 2.69 bits per heavy atom. The highest BCUT2D eigenvalue weighted by atomic mass is 16.5. The van der Waals surface area contributed by atoms with Gasteiger partial charge in [0.2, 0.25) is 0 Å². The van der Waals surface area contributed by atoms with Gasteiger partial charge in [0.15, 0.2) is 5.75 Å². The molecule has 0 spiro atoms. The molecule has 0 saturated carbocycles. The number of hydrogen-bond donors (Lipinski definition) is 1. The van der Waals surface area contributed by atoms with E-state index in [-0.39, 0.29) is 5.41 Å². The SMILES string of the molecule is CC(C)n1cc(OCCC(C)(C)CN)cn1. The fourth-order valence-electron chi connectivity index (χ4n) is 1.22. The lowest BCUT2D eigenvalue weighted by atomic mass is 9.90. The molecule has 0 bridgehead atoms. The van der Waals surface area contributed by atoms with Crippen molar-refractivity contribution in [3.63, 3.8) is 0 Å². The number of rotatable bonds is 6. The van der Waals surface area contributed by atoms with Crippen LogP contribution in [0.2, 0.25) is 0 Å². The molecule has 0 amide bonds. The van der Waals surface area contributed by atoms with Crippen molar-refractivity contribution in [3.8, 4) is 5.75 Å². The highest BCUT2D eigenvalue weighted by Gasteiger charge is 2.15. The van der Waals surface area contributed by atoms with Crippen molar-refractivity contribution in [2.45, 2.75) is 40.2 Å². The van der Waals surface area contributed by atoms with Gasteiger partial charge in [-0.3, -0.25) is 4.68 Å². The summed E-state index contributed by atoms with van der Waals surface area (Å²) in [4.78, 5) is 0. The van der Waals surface area contributed by atoms with Crippen molar-refractivity contribution in [1.29, 1.82) is 0 Å². The summed E-state index contributed by atoms with van der Waals surface area (Å²) in [5, 5.41) is 4.22. The molecule has 0 aliphatic carbocycles. The second-order valence-corrected chi connectivity index (χ2v) is 5.22. The zero-order chi connectivity index (χ0) is 12.2. The lowest BCUT2D eigenvalue weighted by molar-refractivity contribution is 0.233. The van der Waals surface area contributed by atoms with Crippen LogP contribution in [0.1, 0.15) is 40.2 Å². The van der Waals surface area contributed by atoms with Gasteiger partial charge in [0, 0.05) is 6.04 Å². The van der Waals surface area contributed by atoms with Crippen LogP contribution in [0.3, 0.4) is 0 Å². The third-order valence-electron chi connectivity index (χ3n) is 2.71. The lowest BCUT2D eigenvalue weighted by Crippen LogP contribution is -2.25. The Labute approximate surface area is 97.8 Å². The lowest BCUT2D eigenvalue weighted by Gasteiger charge is -2.21. The topological polar surface area (TPSA) is 53.1 Å². The maximum atomic E-state index is 5.66. The molecule has 0 unspecified atom stereocenters. The van der Waals surface area contributed by atoms with Crippen molar-refractivity contribution in [1.82, 2.24) is 9.78 Å². The summed E-state index contributed by atoms with van der Waals surface area (Å²) < 4.78 is 7.53. The molecule has 0 saturated heterocycles. The fourth-order valence-corrected chi connectivity index (χ4v) is 1.22. The van der Waals surface area contributed by atoms with Crippen LogP contribution >= 0.6 is 0 Å². The van der Waals surface area contributed by atoms with E-state index in [9.17, 15) is 0 Å². The quantitative estimate of drug-likeness (QED) is 0.807. The average molecular weight is 225 g/mol. The molecule has 0 aromatic carbocycles. The van der Waals surface area contributed by atoms with Gasteiger partial charge in [-0.1, -0.05) is 13.8 Å². The van der Waals surface area contributed by atoms with Gasteiger partial charge in [0.05, 0.1) is 19.0 Å². The van der Waals surface area contributed by atoms with E-state index in [0.717, 1.165) is 12.2 Å². The zero-order valence-electron chi connectivity index (χ0n) is 10.7. The minimum Gasteiger partial charge on any atom is -0.490 e. The third-order valence-corrected chi connectivity index (χ3v) is 2.71. The van der Waals surface area contributed by atoms with E-state index < -0.39 is 0 Å². The summed E-state index contributed by atoms with van der Waals surface area (Å²) in [6.45, 7) is 9.85. The van der Waals surface area contributed by atoms with Crippen LogP contribution in [-0.2, 0) is 0 Å². The van der Waals surface area contributed by atoms with Crippen LogP contribution in [0, 0.1) is 5.41 Å². The molecule has 16 heavy (non-hydrogen) atoms. The molecule has 1 rings (SSSR count). The molecule has 2 N–H and O–H groups in total. The molecule has 0 atom stereocenters. The van der Waals surface area contributed by atoms with Gasteiger partial charge in [-0.05, 0) is 32.2 Å². The Morgan fingerprint density at radius 1 is 1.50 bits per heavy atom. The molecule has 1 heterocycles. The minimum absolute atomic E-state index is 0.147. The van der Waals surface area contributed by atoms with E-state index in [1.807, 2.05) is 10.9 Å². The predicted octanol–water partition coefficient (Wildman–Crippen LogP) is 2.22. The Balaban J connectivity index is 2.37. The first-order valence-electron chi connectivity index (χ1n) is 5.81. The van der Waals surface area contributed by atoms with Crippen LogP contribution in [-0.4, -0.2) is 22.9 Å². The number of nitrogens with zero attached hydrogens (tertiary/aromatic N) is 2. The van der Waals surface area contributed by atoms with Gasteiger partial charge in [-0.2, -0.15) is 5.10 Å². The first-order valence-corrected chi connectivity index (χ1v) is 5.81. The van der Waals surface area contributed by atoms with E-state index >= 15 is 0 Å². The molecule has 0 fully saturated rings. The molecule has 4 nitrogen and oxygen atoms in total. The summed E-state index contributed by atoms with van der Waals surface area (Å²) in [5.74, 6) is 0.835. The first kappa shape index (κ1) is 13.0. The molecule has 4 heteroatoms. The molecule has 1 aromatic heterocycles. The molecule has 0 aliphatic heterocycles. The van der Waals surface area contributed by atoms with Crippen molar-refractivity contribution >= 4 is 0 Å². The van der Waals surface area contributed by atoms with Crippen molar-refractivity contribution in [3.05, 3.63) is 12.4 Å². The standard InChI is InChI=1S/C12H23N3O/c1-10(2)15-8-11(7-14-15)16-6-5-12(3,4)9-13/h7-8,10H,5-6,9,13H2,1-4H3. The van der Waals surface area contributed by atoms with E-state index in [1.54, 1.807) is 6.20 Å². The monoisotopic (exact) mass is 225 g/mol. The molecule has 0 aliphatic rings. The molecule has 0 radical (unpaired) electrons. The van der Waals surface area contributed by atoms with Crippen molar-refractivity contribution in [2.24, 2.45) is 11.1 Å². The van der Waals surface area contributed by atoms with Crippen LogP contribution < -0.4 is 10.5 Å². The minimum atomic E-state index is 0.147. The smallest absolute Gasteiger partial charge is 0.157 e. The van der Waals surface area contributed by atoms with Crippen LogP contribution in [0.15, 0.2) is 12.4 Å². The highest BCUT2D eigenvalue weighted by Crippen LogP contribution is 2.19. The summed E-state index contributed by atoms with van der Waals surface area (Å²) in [6, 6.07) is 0.373. The first-order chi connectivity index (χ1) is 7.44. The number of ether oxygens (including phenoxy) is 1. The molecule has 92 valence electrons. The molecular formula is C12H23N3O. The maximum absolute atomic E-state index is 5.66. The van der Waals surface area contributed by atoms with Gasteiger partial charge in [-0.15, -0.1) is 0 Å². The van der Waals surface area contributed by atoms with E-state index in [1.165, 1.54) is 0 Å². The van der Waals surface area contributed by atoms with Gasteiger partial charge in [0.1, 0.15) is 0 Å². The molecule has 1 aromatic rings. The summed E-state index contributed by atoms with van der Waals surface area (Å²) in [6.07, 6.45) is 4.64. The zero-order valence-corrected chi connectivity index (χ0v) is 10.7. The average Bonchev–Trinajstić information content (AvgIpc) is 2.66. The van der Waals surface area contributed by atoms with Crippen LogP contribution in [0.5, 0.6) is 5.75 Å². The Morgan fingerprint density at radius 2 is 2.19 bits per heavy atom. The summed E-state index contributed by atoms with van der Waals surface area (Å²) in [5.41, 5.74) is 5.80. The maximum Gasteiger partial charge on any atom is 0.157 e. The van der Waals surface area contributed by atoms with Gasteiger partial charge >= 0.3 is 0 Å². The second kappa shape index (κ2) is 5.34. The van der Waals surface area contributed by atoms with Crippen LogP contribution in [0.4, 0.5) is 0 Å².